The van der Waals surface area contributed by atoms with Crippen LogP contribution in [0.1, 0.15) is 17.4 Å². The van der Waals surface area contributed by atoms with Gasteiger partial charge in [0.05, 0.1) is 12.0 Å². The molecule has 0 aliphatic carbocycles. The van der Waals surface area contributed by atoms with E-state index in [0.717, 1.165) is 5.69 Å². The number of benzene rings is 1. The predicted molar refractivity (Wildman–Crippen MR) is 89.8 cm³/mol. The minimum atomic E-state index is -0.246. The normalized spacial score (nSPS) is 12.1. The van der Waals surface area contributed by atoms with Gasteiger partial charge in [0.25, 0.3) is 5.91 Å². The maximum Gasteiger partial charge on any atom is 0.270 e. The molecule has 0 saturated carbocycles. The lowest BCUT2D eigenvalue weighted by atomic mass is 10.2. The van der Waals surface area contributed by atoms with Gasteiger partial charge in [0.2, 0.25) is 0 Å². The summed E-state index contributed by atoms with van der Waals surface area (Å²) in [6.45, 7) is 2.28. The summed E-state index contributed by atoms with van der Waals surface area (Å²) in [7, 11) is 0. The minimum absolute atomic E-state index is 0.00779. The zero-order chi connectivity index (χ0) is 16.9. The van der Waals surface area contributed by atoms with Crippen molar-refractivity contribution in [3.05, 3.63) is 60.5 Å². The molecule has 6 heteroatoms. The fraction of sp³-hybridized carbons (Fsp3) is 0.222. The SMILES string of the molecule is CC(CO)CNC(=O)c1cc(-c2ccco2)nn1-c1ccccc1. The predicted octanol–water partition coefficient (Wildman–Crippen LogP) is 2.49. The van der Waals surface area contributed by atoms with Gasteiger partial charge in [-0.2, -0.15) is 5.10 Å². The highest BCUT2D eigenvalue weighted by atomic mass is 16.3. The lowest BCUT2D eigenvalue weighted by Gasteiger charge is -2.11. The van der Waals surface area contributed by atoms with E-state index in [2.05, 4.69) is 10.4 Å². The van der Waals surface area contributed by atoms with E-state index < -0.39 is 0 Å². The molecule has 124 valence electrons. The number of nitrogens with zero attached hydrogens (tertiary/aromatic N) is 2. The highest BCUT2D eigenvalue weighted by Crippen LogP contribution is 2.22. The van der Waals surface area contributed by atoms with Crippen molar-refractivity contribution in [1.82, 2.24) is 15.1 Å². The molecule has 1 aromatic carbocycles. The van der Waals surface area contributed by atoms with Crippen molar-refractivity contribution in [1.29, 1.82) is 0 Å². The Kier molecular flexibility index (Phi) is 4.77. The van der Waals surface area contributed by atoms with Crippen LogP contribution in [-0.4, -0.2) is 33.9 Å². The van der Waals surface area contributed by atoms with E-state index in [1.807, 2.05) is 37.3 Å². The number of aromatic nitrogens is 2. The minimum Gasteiger partial charge on any atom is -0.463 e. The summed E-state index contributed by atoms with van der Waals surface area (Å²) in [6.07, 6.45) is 1.57. The van der Waals surface area contributed by atoms with Crippen LogP contribution in [0.4, 0.5) is 0 Å². The Hall–Kier alpha value is -2.86. The van der Waals surface area contributed by atoms with Gasteiger partial charge in [-0.05, 0) is 30.2 Å². The van der Waals surface area contributed by atoms with Crippen LogP contribution in [0.5, 0.6) is 0 Å². The van der Waals surface area contributed by atoms with E-state index in [-0.39, 0.29) is 18.4 Å². The number of nitrogens with one attached hydrogen (secondary N) is 1. The Balaban J connectivity index is 1.95. The first kappa shape index (κ1) is 16.0. The average Bonchev–Trinajstić information content (AvgIpc) is 3.29. The molecule has 2 heterocycles. The molecule has 3 rings (SSSR count). The molecule has 0 radical (unpaired) electrons. The smallest absolute Gasteiger partial charge is 0.270 e. The number of para-hydroxylation sites is 1. The lowest BCUT2D eigenvalue weighted by molar-refractivity contribution is 0.0934. The molecule has 0 fully saturated rings. The first-order chi connectivity index (χ1) is 11.7. The van der Waals surface area contributed by atoms with Crippen LogP contribution in [-0.2, 0) is 0 Å². The number of furan rings is 1. The number of aliphatic hydroxyl groups is 1. The number of carbonyl (C=O) groups excluding carboxylic acids is 1. The Morgan fingerprint density at radius 1 is 1.29 bits per heavy atom. The monoisotopic (exact) mass is 325 g/mol. The van der Waals surface area contributed by atoms with E-state index in [1.54, 1.807) is 29.1 Å². The maximum absolute atomic E-state index is 12.6. The van der Waals surface area contributed by atoms with Crippen molar-refractivity contribution >= 4 is 5.91 Å². The Morgan fingerprint density at radius 2 is 2.08 bits per heavy atom. The maximum atomic E-state index is 12.6. The average molecular weight is 325 g/mol. The second-order valence-corrected chi connectivity index (χ2v) is 5.64. The van der Waals surface area contributed by atoms with Crippen LogP contribution in [0.15, 0.2) is 59.2 Å². The molecule has 0 aliphatic heterocycles. The molecule has 2 N–H and O–H groups in total. The summed E-state index contributed by atoms with van der Waals surface area (Å²) in [5.41, 5.74) is 1.79. The van der Waals surface area contributed by atoms with Gasteiger partial charge in [0.15, 0.2) is 5.76 Å². The van der Waals surface area contributed by atoms with Crippen molar-refractivity contribution in [2.24, 2.45) is 5.92 Å². The summed E-state index contributed by atoms with van der Waals surface area (Å²) in [4.78, 5) is 12.6. The fourth-order valence-corrected chi connectivity index (χ4v) is 2.28. The quantitative estimate of drug-likeness (QED) is 0.730. The first-order valence-electron chi connectivity index (χ1n) is 7.77. The van der Waals surface area contributed by atoms with Gasteiger partial charge in [0.1, 0.15) is 11.4 Å². The van der Waals surface area contributed by atoms with Crippen LogP contribution in [0.2, 0.25) is 0 Å². The number of carbonyl (C=O) groups is 1. The van der Waals surface area contributed by atoms with E-state index in [9.17, 15) is 4.79 Å². The molecule has 3 aromatic rings. The van der Waals surface area contributed by atoms with E-state index in [0.29, 0.717) is 23.7 Å². The van der Waals surface area contributed by atoms with Gasteiger partial charge in [-0.25, -0.2) is 4.68 Å². The van der Waals surface area contributed by atoms with Crippen LogP contribution in [0.3, 0.4) is 0 Å². The molecule has 1 atom stereocenters. The molecule has 1 unspecified atom stereocenters. The van der Waals surface area contributed by atoms with Gasteiger partial charge in [0, 0.05) is 19.2 Å². The fourth-order valence-electron chi connectivity index (χ4n) is 2.28. The number of hydrogen-bond acceptors (Lipinski definition) is 4. The number of amides is 1. The highest BCUT2D eigenvalue weighted by molar-refractivity contribution is 5.94. The van der Waals surface area contributed by atoms with Gasteiger partial charge in [-0.15, -0.1) is 0 Å². The van der Waals surface area contributed by atoms with Gasteiger partial charge in [-0.3, -0.25) is 4.79 Å². The molecular formula is C18H19N3O3. The number of hydrogen-bond donors (Lipinski definition) is 2. The van der Waals surface area contributed by atoms with Gasteiger partial charge >= 0.3 is 0 Å². The van der Waals surface area contributed by atoms with Gasteiger partial charge in [-0.1, -0.05) is 25.1 Å². The highest BCUT2D eigenvalue weighted by Gasteiger charge is 2.19. The summed E-state index contributed by atoms with van der Waals surface area (Å²) in [5, 5.41) is 16.4. The third kappa shape index (κ3) is 3.38. The zero-order valence-electron chi connectivity index (χ0n) is 13.3. The zero-order valence-corrected chi connectivity index (χ0v) is 13.3. The van der Waals surface area contributed by atoms with Crippen molar-refractivity contribution < 1.29 is 14.3 Å². The lowest BCUT2D eigenvalue weighted by Crippen LogP contribution is -2.31. The molecule has 0 aliphatic rings. The second kappa shape index (κ2) is 7.14. The van der Waals surface area contributed by atoms with Crippen LogP contribution >= 0.6 is 0 Å². The Bertz CT molecular complexity index is 794. The molecule has 6 nitrogen and oxygen atoms in total. The van der Waals surface area contributed by atoms with E-state index in [1.165, 1.54) is 0 Å². The molecular weight excluding hydrogens is 306 g/mol. The Labute approximate surface area is 139 Å². The van der Waals surface area contributed by atoms with Crippen molar-refractivity contribution in [3.8, 4) is 17.1 Å². The standard InChI is InChI=1S/C18H19N3O3/c1-13(12-22)11-19-18(23)16-10-15(17-8-5-9-24-17)20-21(16)14-6-3-2-4-7-14/h2-10,13,22H,11-12H2,1H3,(H,19,23). The number of rotatable bonds is 6. The van der Waals surface area contributed by atoms with Crippen LogP contribution in [0.25, 0.3) is 17.1 Å². The third-order valence-corrected chi connectivity index (χ3v) is 3.64. The molecule has 2 aromatic heterocycles. The van der Waals surface area contributed by atoms with E-state index >= 15 is 0 Å². The van der Waals surface area contributed by atoms with Crippen LogP contribution in [0, 0.1) is 5.92 Å². The summed E-state index contributed by atoms with van der Waals surface area (Å²) < 4.78 is 6.97. The van der Waals surface area contributed by atoms with Crippen molar-refractivity contribution in [3.63, 3.8) is 0 Å². The largest absolute Gasteiger partial charge is 0.463 e. The summed E-state index contributed by atoms with van der Waals surface area (Å²) in [5.74, 6) is 0.346. The molecule has 0 spiro atoms. The number of aliphatic hydroxyl groups excluding tert-OH is 1. The molecule has 0 saturated heterocycles. The summed E-state index contributed by atoms with van der Waals surface area (Å²) in [6, 6.07) is 14.7. The van der Waals surface area contributed by atoms with Crippen molar-refractivity contribution in [2.45, 2.75) is 6.92 Å². The molecule has 0 bridgehead atoms. The molecule has 24 heavy (non-hydrogen) atoms. The van der Waals surface area contributed by atoms with E-state index in [4.69, 9.17) is 9.52 Å². The topological polar surface area (TPSA) is 80.3 Å². The van der Waals surface area contributed by atoms with Gasteiger partial charge < -0.3 is 14.8 Å². The molecule has 1 amide bonds. The first-order valence-corrected chi connectivity index (χ1v) is 7.77. The Morgan fingerprint density at radius 3 is 2.75 bits per heavy atom. The second-order valence-electron chi connectivity index (χ2n) is 5.64. The summed E-state index contributed by atoms with van der Waals surface area (Å²) >= 11 is 0. The third-order valence-electron chi connectivity index (χ3n) is 3.64. The van der Waals surface area contributed by atoms with Crippen molar-refractivity contribution in [2.75, 3.05) is 13.2 Å². The van der Waals surface area contributed by atoms with Crippen LogP contribution < -0.4 is 5.32 Å².